The predicted molar refractivity (Wildman–Crippen MR) is 217 cm³/mol. The maximum atomic E-state index is 13.7. The number of aromatic amines is 2. The summed E-state index contributed by atoms with van der Waals surface area (Å²) in [4.78, 5) is 76.7. The van der Waals surface area contributed by atoms with Gasteiger partial charge in [0.05, 0.1) is 48.4 Å². The van der Waals surface area contributed by atoms with Crippen LogP contribution in [-0.2, 0) is 19.1 Å². The lowest BCUT2D eigenvalue weighted by Gasteiger charge is -2.29. The van der Waals surface area contributed by atoms with Crippen LogP contribution in [0.4, 0.5) is 21.0 Å². The molecule has 16 heteroatoms. The van der Waals surface area contributed by atoms with Gasteiger partial charge in [-0.05, 0) is 80.3 Å². The molecule has 0 aliphatic carbocycles. The van der Waals surface area contributed by atoms with Crippen LogP contribution in [0.2, 0.25) is 0 Å². The molecule has 4 aromatic rings. The van der Waals surface area contributed by atoms with Gasteiger partial charge in [0.15, 0.2) is 0 Å². The van der Waals surface area contributed by atoms with Crippen molar-refractivity contribution in [1.82, 2.24) is 40.4 Å². The number of methoxy groups -OCH3 is 2. The number of hydrogen-bond donors (Lipinski definition) is 4. The number of hydrogen-bond acceptors (Lipinski definition) is 10. The van der Waals surface area contributed by atoms with Crippen LogP contribution in [0.15, 0.2) is 36.4 Å². The van der Waals surface area contributed by atoms with Gasteiger partial charge < -0.3 is 49.7 Å². The number of rotatable bonds is 10. The molecule has 5 heterocycles. The summed E-state index contributed by atoms with van der Waals surface area (Å²) in [6, 6.07) is 10.9. The van der Waals surface area contributed by atoms with Gasteiger partial charge in [-0.2, -0.15) is 0 Å². The molecule has 0 spiro atoms. The van der Waals surface area contributed by atoms with E-state index < -0.39 is 24.3 Å². The SMILES string of the molecule is COC(=O)N[C@H](C(=O)N1CCC[C@H]1c1nc2ccc(N3CCCN(c4ccc5nc([C@@H]6CCCN6C(=O)[C@@H](NC(=O)OC)C(C)C)[nH]c5c4)CC3)cc2[nH]1)C(C)C. The van der Waals surface area contributed by atoms with Gasteiger partial charge in [-0.3, -0.25) is 9.59 Å². The fourth-order valence-electron chi connectivity index (χ4n) is 8.56. The van der Waals surface area contributed by atoms with E-state index in [1.54, 1.807) is 0 Å². The number of likely N-dealkylation sites (tertiary alicyclic amines) is 2. The highest BCUT2D eigenvalue weighted by Crippen LogP contribution is 2.35. The first kappa shape index (κ1) is 39.7. The maximum absolute atomic E-state index is 13.7. The number of fused-ring (bicyclic) bond motifs is 2. The molecule has 3 saturated heterocycles. The van der Waals surface area contributed by atoms with Gasteiger partial charge in [-0.1, -0.05) is 27.7 Å². The van der Waals surface area contributed by atoms with Gasteiger partial charge in [0.25, 0.3) is 0 Å². The molecule has 3 aliphatic rings. The number of benzene rings is 2. The number of nitrogens with zero attached hydrogens (tertiary/aromatic N) is 6. The van der Waals surface area contributed by atoms with E-state index >= 15 is 0 Å². The van der Waals surface area contributed by atoms with Gasteiger partial charge in [0.2, 0.25) is 11.8 Å². The molecule has 2 aromatic carbocycles. The molecule has 0 saturated carbocycles. The lowest BCUT2D eigenvalue weighted by molar-refractivity contribution is -0.136. The molecule has 7 rings (SSSR count). The Kier molecular flexibility index (Phi) is 11.8. The van der Waals surface area contributed by atoms with Crippen molar-refractivity contribution < 1.29 is 28.7 Å². The third-order valence-electron chi connectivity index (χ3n) is 11.7. The minimum absolute atomic E-state index is 0.101. The van der Waals surface area contributed by atoms with Crippen LogP contribution < -0.4 is 20.4 Å². The number of alkyl carbamates (subject to hydrolysis) is 2. The monoisotopic (exact) mass is 784 g/mol. The number of nitrogens with one attached hydrogen (secondary N) is 4. The average Bonchev–Trinajstić information content (AvgIpc) is 4.01. The zero-order valence-electron chi connectivity index (χ0n) is 33.8. The van der Waals surface area contributed by atoms with Crippen LogP contribution in [0, 0.1) is 11.8 Å². The fourth-order valence-corrected chi connectivity index (χ4v) is 8.56. The highest BCUT2D eigenvalue weighted by atomic mass is 16.5. The first-order valence-electron chi connectivity index (χ1n) is 20.2. The summed E-state index contributed by atoms with van der Waals surface area (Å²) in [6.07, 6.45) is 3.05. The Morgan fingerprint density at radius 1 is 0.632 bits per heavy atom. The van der Waals surface area contributed by atoms with Crippen LogP contribution >= 0.6 is 0 Å². The van der Waals surface area contributed by atoms with Crippen molar-refractivity contribution in [2.75, 3.05) is 63.3 Å². The van der Waals surface area contributed by atoms with E-state index in [1.807, 2.05) is 49.6 Å². The summed E-state index contributed by atoms with van der Waals surface area (Å²) in [7, 11) is 2.60. The first-order valence-corrected chi connectivity index (χ1v) is 20.2. The number of H-pyrrole nitrogens is 2. The summed E-state index contributed by atoms with van der Waals surface area (Å²) < 4.78 is 9.57. The van der Waals surface area contributed by atoms with E-state index in [4.69, 9.17) is 19.4 Å². The molecule has 4 N–H and O–H groups in total. The van der Waals surface area contributed by atoms with E-state index in [1.165, 1.54) is 14.2 Å². The minimum atomic E-state index is -0.683. The Hall–Kier alpha value is -5.54. The highest BCUT2D eigenvalue weighted by Gasteiger charge is 2.39. The van der Waals surface area contributed by atoms with Gasteiger partial charge in [-0.25, -0.2) is 19.6 Å². The Labute approximate surface area is 333 Å². The summed E-state index contributed by atoms with van der Waals surface area (Å²) >= 11 is 0. The van der Waals surface area contributed by atoms with Crippen LogP contribution in [-0.4, -0.2) is 119 Å². The molecule has 2 aromatic heterocycles. The summed E-state index contributed by atoms with van der Waals surface area (Å²) in [5.74, 6) is 1.07. The second-order valence-corrected chi connectivity index (χ2v) is 16.1. The smallest absolute Gasteiger partial charge is 0.407 e. The number of anilines is 2. The van der Waals surface area contributed by atoms with Crippen LogP contribution in [0.1, 0.15) is 83.5 Å². The second kappa shape index (κ2) is 16.9. The van der Waals surface area contributed by atoms with E-state index in [2.05, 4.69) is 54.7 Å². The van der Waals surface area contributed by atoms with Crippen LogP contribution in [0.25, 0.3) is 22.1 Å². The van der Waals surface area contributed by atoms with Crippen molar-refractivity contribution in [3.8, 4) is 0 Å². The third-order valence-corrected chi connectivity index (χ3v) is 11.7. The fraction of sp³-hybridized carbons (Fsp3) is 0.561. The molecule has 0 unspecified atom stereocenters. The number of imidazole rings is 2. The molecule has 0 radical (unpaired) electrons. The zero-order chi connectivity index (χ0) is 40.4. The van der Waals surface area contributed by atoms with Crippen molar-refractivity contribution in [3.05, 3.63) is 48.0 Å². The standard InChI is InChI=1S/C41H56N10O6/c1-24(2)34(46-40(54)56-5)38(52)50-18-7-10-32(50)36-42-28-14-12-26(22-30(28)44-36)48-16-9-17-49(21-20-48)27-13-15-29-31(23-27)45-37(43-29)33-11-8-19-51(33)39(53)35(25(3)4)47-41(55)57-6/h12-15,22-25,32-35H,7-11,16-21H2,1-6H3,(H,42,44)(H,43,45)(H,46,54)(H,47,55)/t32-,33-,34-,35-/m0/s1. The molecular weight excluding hydrogens is 729 g/mol. The second-order valence-electron chi connectivity index (χ2n) is 16.1. The van der Waals surface area contributed by atoms with Crippen molar-refractivity contribution >= 4 is 57.4 Å². The van der Waals surface area contributed by atoms with Gasteiger partial charge in [0.1, 0.15) is 23.7 Å². The Balaban J connectivity index is 1.02. The number of amides is 4. The Morgan fingerprint density at radius 3 is 1.44 bits per heavy atom. The Morgan fingerprint density at radius 2 is 1.05 bits per heavy atom. The molecule has 306 valence electrons. The molecule has 3 fully saturated rings. The summed E-state index contributed by atoms with van der Waals surface area (Å²) in [6.45, 7) is 12.3. The third kappa shape index (κ3) is 8.30. The van der Waals surface area contributed by atoms with Crippen molar-refractivity contribution in [2.45, 2.75) is 84.0 Å². The first-order chi connectivity index (χ1) is 27.4. The summed E-state index contributed by atoms with van der Waals surface area (Å²) in [5.41, 5.74) is 5.80. The van der Waals surface area contributed by atoms with E-state index in [9.17, 15) is 19.2 Å². The Bertz CT molecular complexity index is 1950. The van der Waals surface area contributed by atoms with E-state index in [-0.39, 0.29) is 35.7 Å². The molecule has 0 bridgehead atoms. The molecular formula is C41H56N10O6. The van der Waals surface area contributed by atoms with Crippen molar-refractivity contribution in [3.63, 3.8) is 0 Å². The number of ether oxygens (including phenoxy) is 2. The molecule has 16 nitrogen and oxygen atoms in total. The molecule has 3 aliphatic heterocycles. The van der Waals surface area contributed by atoms with Gasteiger partial charge in [0, 0.05) is 50.6 Å². The topological polar surface area (TPSA) is 181 Å². The summed E-state index contributed by atoms with van der Waals surface area (Å²) in [5, 5.41) is 5.44. The van der Waals surface area contributed by atoms with E-state index in [0.717, 1.165) is 103 Å². The van der Waals surface area contributed by atoms with Crippen molar-refractivity contribution in [2.24, 2.45) is 11.8 Å². The maximum Gasteiger partial charge on any atom is 0.407 e. The van der Waals surface area contributed by atoms with Crippen molar-refractivity contribution in [1.29, 1.82) is 0 Å². The molecule has 4 amide bonds. The zero-order valence-corrected chi connectivity index (χ0v) is 33.8. The molecule has 4 atom stereocenters. The normalized spacial score (nSPS) is 20.0. The lowest BCUT2D eigenvalue weighted by Crippen LogP contribution is -2.51. The average molecular weight is 785 g/mol. The molecule has 57 heavy (non-hydrogen) atoms. The van der Waals surface area contributed by atoms with Crippen LogP contribution in [0.3, 0.4) is 0 Å². The number of aromatic nitrogens is 4. The number of carbonyl (C=O) groups excluding carboxylic acids is 4. The van der Waals surface area contributed by atoms with E-state index in [0.29, 0.717) is 13.1 Å². The predicted octanol–water partition coefficient (Wildman–Crippen LogP) is 5.24. The highest BCUT2D eigenvalue weighted by molar-refractivity contribution is 5.88. The quantitative estimate of drug-likeness (QED) is 0.166. The van der Waals surface area contributed by atoms with Gasteiger partial charge >= 0.3 is 12.2 Å². The minimum Gasteiger partial charge on any atom is -0.453 e. The number of carbonyl (C=O) groups is 4. The van der Waals surface area contributed by atoms with Gasteiger partial charge in [-0.15, -0.1) is 0 Å². The van der Waals surface area contributed by atoms with Crippen LogP contribution in [0.5, 0.6) is 0 Å². The lowest BCUT2D eigenvalue weighted by atomic mass is 10.0. The largest absolute Gasteiger partial charge is 0.453 e.